The lowest BCUT2D eigenvalue weighted by atomic mass is 10.0. The van der Waals surface area contributed by atoms with E-state index in [2.05, 4.69) is 15.9 Å². The van der Waals surface area contributed by atoms with Gasteiger partial charge in [-0.1, -0.05) is 22.0 Å². The van der Waals surface area contributed by atoms with Crippen LogP contribution in [0.4, 0.5) is 0 Å². The Hall–Kier alpha value is -0.810. The number of hydrogen-bond donors (Lipinski definition) is 0. The predicted molar refractivity (Wildman–Crippen MR) is 76.7 cm³/mol. The van der Waals surface area contributed by atoms with Crippen LogP contribution in [0.5, 0.6) is 0 Å². The lowest BCUT2D eigenvalue weighted by Crippen LogP contribution is -2.13. The SMILES string of the molecule is CCOC(=O)c1cccc(SC)c1CC(=O)CBr. The number of ether oxygens (including phenoxy) is 1. The summed E-state index contributed by atoms with van der Waals surface area (Å²) < 4.78 is 5.01. The number of ketones is 1. The van der Waals surface area contributed by atoms with Gasteiger partial charge in [0.15, 0.2) is 0 Å². The summed E-state index contributed by atoms with van der Waals surface area (Å²) >= 11 is 4.66. The smallest absolute Gasteiger partial charge is 0.338 e. The van der Waals surface area contributed by atoms with E-state index in [0.717, 1.165) is 10.5 Å². The number of Topliss-reactive ketones (excluding diaryl/α,β-unsaturated/α-hetero) is 1. The molecule has 0 aromatic heterocycles. The molecule has 1 aromatic carbocycles. The van der Waals surface area contributed by atoms with E-state index < -0.39 is 0 Å². The molecule has 0 aliphatic rings. The number of thioether (sulfide) groups is 1. The van der Waals surface area contributed by atoms with E-state index in [1.54, 1.807) is 19.1 Å². The number of hydrogen-bond acceptors (Lipinski definition) is 4. The molecule has 0 saturated heterocycles. The van der Waals surface area contributed by atoms with E-state index in [1.807, 2.05) is 12.3 Å². The summed E-state index contributed by atoms with van der Waals surface area (Å²) in [4.78, 5) is 24.4. The fraction of sp³-hybridized carbons (Fsp3) is 0.385. The molecule has 1 rings (SSSR count). The Morgan fingerprint density at radius 3 is 2.67 bits per heavy atom. The summed E-state index contributed by atoms with van der Waals surface area (Å²) in [6.07, 6.45) is 2.17. The molecular weight excluding hydrogens is 316 g/mol. The number of carbonyl (C=O) groups excluding carboxylic acids is 2. The Kier molecular flexibility index (Phi) is 6.43. The highest BCUT2D eigenvalue weighted by Crippen LogP contribution is 2.25. The first-order chi connectivity index (χ1) is 8.63. The van der Waals surface area contributed by atoms with Crippen molar-refractivity contribution in [2.45, 2.75) is 18.2 Å². The second-order valence-electron chi connectivity index (χ2n) is 3.56. The van der Waals surface area contributed by atoms with Crippen molar-refractivity contribution in [2.24, 2.45) is 0 Å². The van der Waals surface area contributed by atoms with Crippen LogP contribution in [-0.4, -0.2) is 29.9 Å². The van der Waals surface area contributed by atoms with Gasteiger partial charge in [0.25, 0.3) is 0 Å². The summed E-state index contributed by atoms with van der Waals surface area (Å²) in [5, 5.41) is 0.290. The minimum absolute atomic E-state index is 0.0436. The van der Waals surface area contributed by atoms with Crippen molar-refractivity contribution in [2.75, 3.05) is 18.2 Å². The third-order valence-corrected chi connectivity index (χ3v) is 3.82. The van der Waals surface area contributed by atoms with Gasteiger partial charge >= 0.3 is 5.97 Å². The quantitative estimate of drug-likeness (QED) is 0.456. The molecule has 0 unspecified atom stereocenters. The van der Waals surface area contributed by atoms with Crippen LogP contribution in [0.15, 0.2) is 23.1 Å². The molecule has 0 fully saturated rings. The monoisotopic (exact) mass is 330 g/mol. The van der Waals surface area contributed by atoms with Gasteiger partial charge in [-0.15, -0.1) is 11.8 Å². The van der Waals surface area contributed by atoms with Gasteiger partial charge in [0, 0.05) is 11.3 Å². The first-order valence-corrected chi connectivity index (χ1v) is 7.89. The number of carbonyl (C=O) groups is 2. The van der Waals surface area contributed by atoms with Gasteiger partial charge < -0.3 is 4.74 Å². The van der Waals surface area contributed by atoms with Crippen molar-refractivity contribution in [3.8, 4) is 0 Å². The van der Waals surface area contributed by atoms with E-state index in [-0.39, 0.29) is 23.5 Å². The molecule has 0 aliphatic heterocycles. The van der Waals surface area contributed by atoms with Gasteiger partial charge in [0.05, 0.1) is 17.5 Å². The third kappa shape index (κ3) is 3.85. The first kappa shape index (κ1) is 15.2. The van der Waals surface area contributed by atoms with Gasteiger partial charge in [-0.3, -0.25) is 4.79 Å². The molecule has 0 radical (unpaired) electrons. The van der Waals surface area contributed by atoms with Gasteiger partial charge in [0.2, 0.25) is 0 Å². The zero-order valence-corrected chi connectivity index (χ0v) is 12.8. The van der Waals surface area contributed by atoms with Crippen LogP contribution in [0.3, 0.4) is 0 Å². The van der Waals surface area contributed by atoms with Crippen molar-refractivity contribution in [3.63, 3.8) is 0 Å². The number of alkyl halides is 1. The fourth-order valence-corrected chi connectivity index (χ4v) is 2.43. The molecule has 0 heterocycles. The molecule has 0 N–H and O–H groups in total. The van der Waals surface area contributed by atoms with Crippen LogP contribution in [0.1, 0.15) is 22.8 Å². The topological polar surface area (TPSA) is 43.4 Å². The molecule has 0 atom stereocenters. The molecule has 1 aromatic rings. The number of halogens is 1. The zero-order chi connectivity index (χ0) is 13.5. The Morgan fingerprint density at radius 1 is 1.39 bits per heavy atom. The minimum atomic E-state index is -0.370. The van der Waals surface area contributed by atoms with Crippen LogP contribution in [-0.2, 0) is 16.0 Å². The Bertz CT molecular complexity index is 446. The van der Waals surface area contributed by atoms with Crippen LogP contribution >= 0.6 is 27.7 Å². The van der Waals surface area contributed by atoms with Crippen LogP contribution in [0.25, 0.3) is 0 Å². The molecule has 98 valence electrons. The van der Waals surface area contributed by atoms with Crippen LogP contribution < -0.4 is 0 Å². The predicted octanol–water partition coefficient (Wildman–Crippen LogP) is 3.09. The maximum atomic E-state index is 11.8. The molecule has 0 saturated carbocycles. The van der Waals surface area contributed by atoms with Crippen molar-refractivity contribution >= 4 is 39.4 Å². The van der Waals surface area contributed by atoms with Crippen molar-refractivity contribution in [3.05, 3.63) is 29.3 Å². The van der Waals surface area contributed by atoms with Gasteiger partial charge in [-0.2, -0.15) is 0 Å². The third-order valence-electron chi connectivity index (χ3n) is 2.37. The summed E-state index contributed by atoms with van der Waals surface area (Å²) in [6, 6.07) is 5.42. The van der Waals surface area contributed by atoms with Gasteiger partial charge in [0.1, 0.15) is 5.78 Å². The largest absolute Gasteiger partial charge is 0.462 e. The average molecular weight is 331 g/mol. The summed E-state index contributed by atoms with van der Waals surface area (Å²) in [6.45, 7) is 2.09. The van der Waals surface area contributed by atoms with E-state index >= 15 is 0 Å². The Labute approximate surface area is 119 Å². The number of rotatable bonds is 6. The highest BCUT2D eigenvalue weighted by atomic mass is 79.9. The maximum absolute atomic E-state index is 11.8. The highest BCUT2D eigenvalue weighted by molar-refractivity contribution is 9.09. The second-order valence-corrected chi connectivity index (χ2v) is 4.96. The van der Waals surface area contributed by atoms with E-state index in [0.29, 0.717) is 12.2 Å². The summed E-state index contributed by atoms with van der Waals surface area (Å²) in [5.41, 5.74) is 1.24. The van der Waals surface area contributed by atoms with Crippen molar-refractivity contribution < 1.29 is 14.3 Å². The fourth-order valence-electron chi connectivity index (χ4n) is 1.58. The lowest BCUT2D eigenvalue weighted by Gasteiger charge is -2.11. The normalized spacial score (nSPS) is 10.2. The van der Waals surface area contributed by atoms with Crippen LogP contribution in [0, 0.1) is 0 Å². The van der Waals surface area contributed by atoms with Gasteiger partial charge in [-0.05, 0) is 30.9 Å². The van der Waals surface area contributed by atoms with E-state index in [4.69, 9.17) is 4.74 Å². The Balaban J connectivity index is 3.15. The van der Waals surface area contributed by atoms with E-state index in [9.17, 15) is 9.59 Å². The standard InChI is InChI=1S/C13H15BrO3S/c1-3-17-13(16)10-5-4-6-12(18-2)11(10)7-9(15)8-14/h4-6H,3,7-8H2,1-2H3. The zero-order valence-electron chi connectivity index (χ0n) is 10.4. The highest BCUT2D eigenvalue weighted by Gasteiger charge is 2.17. The minimum Gasteiger partial charge on any atom is -0.462 e. The molecule has 0 aliphatic carbocycles. The average Bonchev–Trinajstić information content (AvgIpc) is 2.38. The number of benzene rings is 1. The molecular formula is C13H15BrO3S. The van der Waals surface area contributed by atoms with Crippen molar-refractivity contribution in [1.82, 2.24) is 0 Å². The Morgan fingerprint density at radius 2 is 2.11 bits per heavy atom. The lowest BCUT2D eigenvalue weighted by molar-refractivity contribution is -0.115. The molecule has 0 amide bonds. The van der Waals surface area contributed by atoms with Gasteiger partial charge in [-0.25, -0.2) is 4.79 Å². The maximum Gasteiger partial charge on any atom is 0.338 e. The molecule has 5 heteroatoms. The summed E-state index contributed by atoms with van der Waals surface area (Å²) in [7, 11) is 0. The molecule has 0 spiro atoms. The van der Waals surface area contributed by atoms with Crippen molar-refractivity contribution in [1.29, 1.82) is 0 Å². The first-order valence-electron chi connectivity index (χ1n) is 5.54. The summed E-state index contributed by atoms with van der Waals surface area (Å²) in [5.74, 6) is -0.326. The molecule has 3 nitrogen and oxygen atoms in total. The second kappa shape index (κ2) is 7.59. The van der Waals surface area contributed by atoms with E-state index in [1.165, 1.54) is 11.8 Å². The molecule has 0 bridgehead atoms. The number of esters is 1. The van der Waals surface area contributed by atoms with Crippen LogP contribution in [0.2, 0.25) is 0 Å². The molecule has 18 heavy (non-hydrogen) atoms.